The molecule has 0 spiro atoms. The molecule has 0 aromatic carbocycles. The third kappa shape index (κ3) is 3.85. The minimum atomic E-state index is -0.836. The summed E-state index contributed by atoms with van der Waals surface area (Å²) in [6.45, 7) is 4.49. The highest BCUT2D eigenvalue weighted by atomic mass is 32.2. The predicted molar refractivity (Wildman–Crippen MR) is 81.8 cm³/mol. The van der Waals surface area contributed by atoms with E-state index >= 15 is 0 Å². The van der Waals surface area contributed by atoms with Crippen molar-refractivity contribution >= 4 is 17.7 Å². The molecule has 3 N–H and O–H groups in total. The van der Waals surface area contributed by atoms with E-state index in [9.17, 15) is 14.7 Å². The number of nitrogens with zero attached hydrogens (tertiary/aromatic N) is 1. The fourth-order valence-electron chi connectivity index (χ4n) is 2.66. The van der Waals surface area contributed by atoms with Gasteiger partial charge in [-0.2, -0.15) is 0 Å². The summed E-state index contributed by atoms with van der Waals surface area (Å²) in [6, 6.07) is 1.45. The van der Waals surface area contributed by atoms with Gasteiger partial charge in [-0.25, -0.2) is 4.98 Å². The molecule has 0 amide bonds. The van der Waals surface area contributed by atoms with Crippen molar-refractivity contribution in [2.24, 2.45) is 0 Å². The molecule has 2 rings (SSSR count). The van der Waals surface area contributed by atoms with Crippen LogP contribution in [0.5, 0.6) is 0 Å². The summed E-state index contributed by atoms with van der Waals surface area (Å²) in [7, 11) is 0. The van der Waals surface area contributed by atoms with E-state index < -0.39 is 11.5 Å². The van der Waals surface area contributed by atoms with E-state index in [0.29, 0.717) is 30.2 Å². The standard InChI is InChI=1S/C14H21N3O3S/c1-3-6-15-14(12(19)20)5-4-10(8-14)21-13-16-9(2)7-11(18)17-13/h7,10,15H,3-6,8H2,1-2H3,(H,19,20)(H,16,17,18). The summed E-state index contributed by atoms with van der Waals surface area (Å²) in [5.74, 6) is -0.787. The second-order valence-corrected chi connectivity index (χ2v) is 6.78. The molecular formula is C14H21N3O3S. The molecule has 1 aliphatic carbocycles. The zero-order chi connectivity index (χ0) is 15.5. The highest BCUT2D eigenvalue weighted by Crippen LogP contribution is 2.39. The number of aliphatic carboxylic acids is 1. The summed E-state index contributed by atoms with van der Waals surface area (Å²) in [4.78, 5) is 30.0. The van der Waals surface area contributed by atoms with Gasteiger partial charge in [0.1, 0.15) is 5.54 Å². The molecule has 2 atom stereocenters. The second kappa shape index (κ2) is 6.62. The molecule has 0 bridgehead atoms. The van der Waals surface area contributed by atoms with E-state index in [1.165, 1.54) is 17.8 Å². The lowest BCUT2D eigenvalue weighted by Gasteiger charge is -2.25. The van der Waals surface area contributed by atoms with Gasteiger partial charge in [-0.15, -0.1) is 0 Å². The number of carboxylic acid groups (broad SMARTS) is 1. The van der Waals surface area contributed by atoms with Crippen LogP contribution in [0.15, 0.2) is 16.0 Å². The third-order valence-electron chi connectivity index (χ3n) is 3.72. The maximum absolute atomic E-state index is 11.6. The third-order valence-corrected chi connectivity index (χ3v) is 4.87. The minimum absolute atomic E-state index is 0.149. The molecule has 1 aromatic rings. The van der Waals surface area contributed by atoms with Gasteiger partial charge < -0.3 is 15.4 Å². The van der Waals surface area contributed by atoms with Gasteiger partial charge in [0.2, 0.25) is 0 Å². The van der Waals surface area contributed by atoms with Gasteiger partial charge >= 0.3 is 5.97 Å². The molecule has 0 radical (unpaired) electrons. The number of thioether (sulfide) groups is 1. The molecule has 1 heterocycles. The highest BCUT2D eigenvalue weighted by molar-refractivity contribution is 7.99. The van der Waals surface area contributed by atoms with Crippen LogP contribution in [0.1, 0.15) is 38.3 Å². The molecule has 7 heteroatoms. The van der Waals surface area contributed by atoms with Crippen LogP contribution in [0.4, 0.5) is 0 Å². The lowest BCUT2D eigenvalue weighted by molar-refractivity contribution is -0.144. The molecule has 116 valence electrons. The quantitative estimate of drug-likeness (QED) is 0.690. The Morgan fingerprint density at radius 2 is 2.43 bits per heavy atom. The Labute approximate surface area is 127 Å². The van der Waals surface area contributed by atoms with Gasteiger partial charge in [-0.1, -0.05) is 18.7 Å². The summed E-state index contributed by atoms with van der Waals surface area (Å²) in [6.07, 6.45) is 2.85. The monoisotopic (exact) mass is 311 g/mol. The predicted octanol–water partition coefficient (Wildman–Crippen LogP) is 1.55. The number of H-pyrrole nitrogens is 1. The number of carbonyl (C=O) groups is 1. The Balaban J connectivity index is 2.06. The van der Waals surface area contributed by atoms with Crippen LogP contribution >= 0.6 is 11.8 Å². The van der Waals surface area contributed by atoms with Crippen LogP contribution in [0, 0.1) is 6.92 Å². The van der Waals surface area contributed by atoms with Crippen molar-refractivity contribution in [2.45, 2.75) is 55.5 Å². The van der Waals surface area contributed by atoms with Crippen molar-refractivity contribution in [2.75, 3.05) is 6.54 Å². The van der Waals surface area contributed by atoms with Crippen molar-refractivity contribution in [3.05, 3.63) is 22.1 Å². The topological polar surface area (TPSA) is 95.1 Å². The number of aromatic amines is 1. The number of nitrogens with one attached hydrogen (secondary N) is 2. The molecule has 1 aliphatic rings. The first kappa shape index (κ1) is 16.0. The fraction of sp³-hybridized carbons (Fsp3) is 0.643. The van der Waals surface area contributed by atoms with Crippen molar-refractivity contribution < 1.29 is 9.90 Å². The smallest absolute Gasteiger partial charge is 0.323 e. The van der Waals surface area contributed by atoms with E-state index in [4.69, 9.17) is 0 Å². The molecule has 6 nitrogen and oxygen atoms in total. The average molecular weight is 311 g/mol. The molecule has 1 fully saturated rings. The highest BCUT2D eigenvalue weighted by Gasteiger charge is 2.45. The first-order valence-corrected chi connectivity index (χ1v) is 8.06. The van der Waals surface area contributed by atoms with Gasteiger partial charge in [-0.3, -0.25) is 9.59 Å². The first-order valence-electron chi connectivity index (χ1n) is 7.18. The molecule has 0 aliphatic heterocycles. The van der Waals surface area contributed by atoms with Crippen molar-refractivity contribution in [3.63, 3.8) is 0 Å². The van der Waals surface area contributed by atoms with E-state index in [1.54, 1.807) is 6.92 Å². The normalized spacial score (nSPS) is 25.1. The molecule has 0 saturated heterocycles. The Hall–Kier alpha value is -1.34. The molecule has 1 aromatic heterocycles. The lowest BCUT2D eigenvalue weighted by atomic mass is 9.98. The Morgan fingerprint density at radius 1 is 1.67 bits per heavy atom. The largest absolute Gasteiger partial charge is 0.480 e. The number of aromatic nitrogens is 2. The number of hydrogen-bond acceptors (Lipinski definition) is 5. The van der Waals surface area contributed by atoms with Crippen molar-refractivity contribution in [1.82, 2.24) is 15.3 Å². The number of rotatable bonds is 6. The summed E-state index contributed by atoms with van der Waals surface area (Å²) >= 11 is 1.46. The van der Waals surface area contributed by atoms with Gasteiger partial charge in [0, 0.05) is 17.0 Å². The van der Waals surface area contributed by atoms with E-state index in [1.807, 2.05) is 6.92 Å². The van der Waals surface area contributed by atoms with Crippen LogP contribution in [-0.2, 0) is 4.79 Å². The fourth-order valence-corrected chi connectivity index (χ4v) is 3.94. The van der Waals surface area contributed by atoms with Gasteiger partial charge in [0.05, 0.1) is 0 Å². The van der Waals surface area contributed by atoms with Crippen LogP contribution in [0.2, 0.25) is 0 Å². The van der Waals surface area contributed by atoms with E-state index in [0.717, 1.165) is 12.8 Å². The minimum Gasteiger partial charge on any atom is -0.480 e. The van der Waals surface area contributed by atoms with Crippen molar-refractivity contribution in [3.8, 4) is 0 Å². The summed E-state index contributed by atoms with van der Waals surface area (Å²) < 4.78 is 0. The van der Waals surface area contributed by atoms with Crippen molar-refractivity contribution in [1.29, 1.82) is 0 Å². The van der Waals surface area contributed by atoms with Crippen LogP contribution in [-0.4, -0.2) is 38.4 Å². The molecule has 1 saturated carbocycles. The second-order valence-electron chi connectivity index (χ2n) is 5.49. The number of carboxylic acids is 1. The Bertz CT molecular complexity index is 575. The Kier molecular flexibility index (Phi) is 5.05. The van der Waals surface area contributed by atoms with Crippen LogP contribution in [0.25, 0.3) is 0 Å². The van der Waals surface area contributed by atoms with Gasteiger partial charge in [0.25, 0.3) is 5.56 Å². The summed E-state index contributed by atoms with van der Waals surface area (Å²) in [5, 5.41) is 13.4. The summed E-state index contributed by atoms with van der Waals surface area (Å²) in [5.41, 5.74) is -0.331. The van der Waals surface area contributed by atoms with E-state index in [-0.39, 0.29) is 10.8 Å². The maximum atomic E-state index is 11.6. The average Bonchev–Trinajstić information content (AvgIpc) is 2.80. The zero-order valence-corrected chi connectivity index (χ0v) is 13.1. The molecule has 21 heavy (non-hydrogen) atoms. The first-order chi connectivity index (χ1) is 9.95. The molecule has 2 unspecified atom stereocenters. The molecular weight excluding hydrogens is 290 g/mol. The van der Waals surface area contributed by atoms with Gasteiger partial charge in [-0.05, 0) is 39.2 Å². The lowest BCUT2D eigenvalue weighted by Crippen LogP contribution is -2.50. The SMILES string of the molecule is CCCNC1(C(=O)O)CCC(Sc2nc(C)cc(=O)[nH]2)C1. The van der Waals surface area contributed by atoms with E-state index in [2.05, 4.69) is 15.3 Å². The maximum Gasteiger partial charge on any atom is 0.323 e. The Morgan fingerprint density at radius 3 is 3.05 bits per heavy atom. The number of aryl methyl sites for hydroxylation is 1. The van der Waals surface area contributed by atoms with Crippen LogP contribution in [0.3, 0.4) is 0 Å². The van der Waals surface area contributed by atoms with Crippen LogP contribution < -0.4 is 10.9 Å². The zero-order valence-electron chi connectivity index (χ0n) is 12.3. The number of hydrogen-bond donors (Lipinski definition) is 3. The van der Waals surface area contributed by atoms with Gasteiger partial charge in [0.15, 0.2) is 5.16 Å².